The molecule has 0 aliphatic rings. The first-order valence-corrected chi connectivity index (χ1v) is 8.16. The topological polar surface area (TPSA) is 72.2 Å². The Hall–Kier alpha value is -3.75. The van der Waals surface area contributed by atoms with Crippen LogP contribution in [0.1, 0.15) is 16.1 Å². The molecule has 0 spiro atoms. The zero-order valence-electron chi connectivity index (χ0n) is 14.2. The second kappa shape index (κ2) is 6.76. The van der Waals surface area contributed by atoms with Gasteiger partial charge < -0.3 is 5.32 Å². The monoisotopic (exact) mass is 383 g/mol. The molecule has 140 valence electrons. The van der Waals surface area contributed by atoms with Crippen molar-refractivity contribution in [2.45, 2.75) is 6.18 Å². The maximum atomic E-state index is 13.0. The molecule has 3 aromatic heterocycles. The Kier molecular flexibility index (Phi) is 4.26. The predicted molar refractivity (Wildman–Crippen MR) is 95.6 cm³/mol. The number of carbonyl (C=O) groups is 1. The highest BCUT2D eigenvalue weighted by atomic mass is 19.4. The van der Waals surface area contributed by atoms with E-state index in [9.17, 15) is 18.0 Å². The van der Waals surface area contributed by atoms with E-state index in [4.69, 9.17) is 0 Å². The first-order chi connectivity index (χ1) is 13.4. The summed E-state index contributed by atoms with van der Waals surface area (Å²) < 4.78 is 40.4. The average molecular weight is 383 g/mol. The number of pyridine rings is 1. The van der Waals surface area contributed by atoms with Crippen LogP contribution in [-0.4, -0.2) is 25.5 Å². The number of carbonyl (C=O) groups excluding carboxylic acids is 1. The summed E-state index contributed by atoms with van der Waals surface area (Å²) in [5, 5.41) is 6.90. The highest BCUT2D eigenvalue weighted by Crippen LogP contribution is 2.32. The standard InChI is InChI=1S/C19H12F3N5O/c20-19(21,22)13-5-3-4-12(10-13)15-11-24-17-8-7-16(26-27(15)17)25-18(28)14-6-1-2-9-23-14/h1-11H,(H,25,26,28). The number of hydrogen-bond acceptors (Lipinski definition) is 4. The predicted octanol–water partition coefficient (Wildman–Crippen LogP) is 4.06. The van der Waals surface area contributed by atoms with Crippen molar-refractivity contribution in [3.05, 3.63) is 78.2 Å². The van der Waals surface area contributed by atoms with Crippen LogP contribution in [0.3, 0.4) is 0 Å². The van der Waals surface area contributed by atoms with Crippen molar-refractivity contribution in [2.24, 2.45) is 0 Å². The van der Waals surface area contributed by atoms with Crippen molar-refractivity contribution in [3.8, 4) is 11.3 Å². The van der Waals surface area contributed by atoms with Crippen LogP contribution in [0.15, 0.2) is 67.0 Å². The number of alkyl halides is 3. The van der Waals surface area contributed by atoms with E-state index >= 15 is 0 Å². The molecule has 1 amide bonds. The van der Waals surface area contributed by atoms with Gasteiger partial charge in [0.15, 0.2) is 11.5 Å². The van der Waals surface area contributed by atoms with Crippen molar-refractivity contribution in [2.75, 3.05) is 5.32 Å². The van der Waals surface area contributed by atoms with Crippen molar-refractivity contribution in [3.63, 3.8) is 0 Å². The molecule has 4 rings (SSSR count). The average Bonchev–Trinajstić information content (AvgIpc) is 3.11. The lowest BCUT2D eigenvalue weighted by molar-refractivity contribution is -0.137. The fourth-order valence-electron chi connectivity index (χ4n) is 2.67. The lowest BCUT2D eigenvalue weighted by Gasteiger charge is -2.09. The first-order valence-electron chi connectivity index (χ1n) is 8.16. The highest BCUT2D eigenvalue weighted by Gasteiger charge is 2.30. The van der Waals surface area contributed by atoms with Gasteiger partial charge in [0, 0.05) is 11.8 Å². The Morgan fingerprint density at radius 3 is 2.61 bits per heavy atom. The molecular weight excluding hydrogens is 371 g/mol. The minimum Gasteiger partial charge on any atom is -0.304 e. The van der Waals surface area contributed by atoms with Crippen LogP contribution in [0.2, 0.25) is 0 Å². The van der Waals surface area contributed by atoms with E-state index in [0.29, 0.717) is 16.9 Å². The van der Waals surface area contributed by atoms with Crippen LogP contribution in [0.4, 0.5) is 19.0 Å². The summed E-state index contributed by atoms with van der Waals surface area (Å²) in [5.41, 5.74) is 0.564. The fraction of sp³-hybridized carbons (Fsp3) is 0.0526. The first kappa shape index (κ1) is 17.7. The quantitative estimate of drug-likeness (QED) is 0.579. The van der Waals surface area contributed by atoms with E-state index in [1.807, 2.05) is 0 Å². The summed E-state index contributed by atoms with van der Waals surface area (Å²) in [6, 6.07) is 13.0. The SMILES string of the molecule is O=C(Nc1ccc2ncc(-c3cccc(C(F)(F)F)c3)n2n1)c1ccccn1. The van der Waals surface area contributed by atoms with Gasteiger partial charge in [-0.25, -0.2) is 9.50 Å². The van der Waals surface area contributed by atoms with Crippen molar-refractivity contribution in [1.82, 2.24) is 19.6 Å². The Balaban J connectivity index is 1.70. The van der Waals surface area contributed by atoms with Crippen LogP contribution in [0, 0.1) is 0 Å². The largest absolute Gasteiger partial charge is 0.416 e. The van der Waals surface area contributed by atoms with E-state index in [2.05, 4.69) is 20.4 Å². The maximum Gasteiger partial charge on any atom is 0.416 e. The van der Waals surface area contributed by atoms with Crippen LogP contribution >= 0.6 is 0 Å². The van der Waals surface area contributed by atoms with Crippen molar-refractivity contribution < 1.29 is 18.0 Å². The number of aromatic nitrogens is 4. The summed E-state index contributed by atoms with van der Waals surface area (Å²) in [6.45, 7) is 0. The summed E-state index contributed by atoms with van der Waals surface area (Å²) in [7, 11) is 0. The molecule has 0 radical (unpaired) electrons. The second-order valence-electron chi connectivity index (χ2n) is 5.88. The molecule has 0 bridgehead atoms. The molecule has 0 aliphatic carbocycles. The van der Waals surface area contributed by atoms with Gasteiger partial charge in [-0.1, -0.05) is 18.2 Å². The molecule has 1 N–H and O–H groups in total. The molecule has 0 saturated carbocycles. The minimum absolute atomic E-state index is 0.216. The Bertz CT molecular complexity index is 1160. The Labute approximate surface area is 156 Å². The smallest absolute Gasteiger partial charge is 0.304 e. The summed E-state index contributed by atoms with van der Waals surface area (Å²) >= 11 is 0. The van der Waals surface area contributed by atoms with Gasteiger partial charge in [-0.05, 0) is 36.4 Å². The molecule has 6 nitrogen and oxygen atoms in total. The van der Waals surface area contributed by atoms with E-state index < -0.39 is 17.6 Å². The van der Waals surface area contributed by atoms with Gasteiger partial charge in [0.2, 0.25) is 0 Å². The third-order valence-corrected chi connectivity index (χ3v) is 3.99. The third kappa shape index (κ3) is 3.41. The number of benzene rings is 1. The molecule has 0 saturated heterocycles. The second-order valence-corrected chi connectivity index (χ2v) is 5.88. The number of anilines is 1. The van der Waals surface area contributed by atoms with Crippen LogP contribution in [-0.2, 0) is 6.18 Å². The molecule has 0 atom stereocenters. The minimum atomic E-state index is -4.45. The van der Waals surface area contributed by atoms with Gasteiger partial charge in [0.05, 0.1) is 17.5 Å². The highest BCUT2D eigenvalue weighted by molar-refractivity contribution is 6.02. The van der Waals surface area contributed by atoms with Crippen LogP contribution < -0.4 is 5.32 Å². The normalized spacial score (nSPS) is 11.5. The fourth-order valence-corrected chi connectivity index (χ4v) is 2.67. The number of rotatable bonds is 3. The molecule has 0 fully saturated rings. The summed E-state index contributed by atoms with van der Waals surface area (Å²) in [4.78, 5) is 20.4. The van der Waals surface area contributed by atoms with E-state index in [0.717, 1.165) is 12.1 Å². The molecule has 1 aromatic carbocycles. The van der Waals surface area contributed by atoms with Gasteiger partial charge in [-0.15, -0.1) is 5.10 Å². The maximum absolute atomic E-state index is 13.0. The van der Waals surface area contributed by atoms with E-state index in [-0.39, 0.29) is 11.5 Å². The van der Waals surface area contributed by atoms with E-state index in [1.165, 1.54) is 23.0 Å². The number of amides is 1. The van der Waals surface area contributed by atoms with Gasteiger partial charge in [-0.2, -0.15) is 13.2 Å². The van der Waals surface area contributed by atoms with Gasteiger partial charge in [-0.3, -0.25) is 9.78 Å². The summed E-state index contributed by atoms with van der Waals surface area (Å²) in [6.07, 6.45) is -1.53. The zero-order valence-corrected chi connectivity index (χ0v) is 14.2. The number of hydrogen-bond donors (Lipinski definition) is 1. The molecule has 4 aromatic rings. The van der Waals surface area contributed by atoms with Gasteiger partial charge >= 0.3 is 6.18 Å². The van der Waals surface area contributed by atoms with E-state index in [1.54, 1.807) is 36.4 Å². The Morgan fingerprint density at radius 2 is 1.86 bits per heavy atom. The number of nitrogens with zero attached hydrogens (tertiary/aromatic N) is 4. The number of halogens is 3. The Morgan fingerprint density at radius 1 is 1.00 bits per heavy atom. The van der Waals surface area contributed by atoms with Crippen molar-refractivity contribution >= 4 is 17.4 Å². The molecular formula is C19H12F3N5O. The van der Waals surface area contributed by atoms with Gasteiger partial charge in [0.1, 0.15) is 5.69 Å². The zero-order chi connectivity index (χ0) is 19.7. The molecule has 3 heterocycles. The molecule has 0 aliphatic heterocycles. The number of nitrogens with one attached hydrogen (secondary N) is 1. The van der Waals surface area contributed by atoms with Crippen molar-refractivity contribution in [1.29, 1.82) is 0 Å². The molecule has 0 unspecified atom stereocenters. The third-order valence-electron chi connectivity index (χ3n) is 3.99. The lowest BCUT2D eigenvalue weighted by atomic mass is 10.1. The molecule has 9 heteroatoms. The number of fused-ring (bicyclic) bond motifs is 1. The van der Waals surface area contributed by atoms with Gasteiger partial charge in [0.25, 0.3) is 5.91 Å². The van der Waals surface area contributed by atoms with Crippen LogP contribution in [0.5, 0.6) is 0 Å². The molecule has 28 heavy (non-hydrogen) atoms. The summed E-state index contributed by atoms with van der Waals surface area (Å²) in [5.74, 6) is -0.234. The number of imidazole rings is 1. The van der Waals surface area contributed by atoms with Crippen LogP contribution in [0.25, 0.3) is 16.9 Å². The lowest BCUT2D eigenvalue weighted by Crippen LogP contribution is -2.15.